The molecule has 2 aliphatic heterocycles. The molecule has 0 saturated carbocycles. The van der Waals surface area contributed by atoms with E-state index in [2.05, 4.69) is 27.5 Å². The highest BCUT2D eigenvalue weighted by Crippen LogP contribution is 2.46. The first-order valence-corrected chi connectivity index (χ1v) is 11.1. The molecule has 1 aromatic carbocycles. The molecule has 134 valence electrons. The fraction of sp³-hybridized carbons (Fsp3) is 0.316. The molecule has 2 atom stereocenters. The first kappa shape index (κ1) is 16.2. The van der Waals surface area contributed by atoms with Crippen molar-refractivity contribution in [3.05, 3.63) is 58.5 Å². The normalized spacial score (nSPS) is 23.9. The Kier molecular flexibility index (Phi) is 3.60. The molecule has 2 aromatic heterocycles. The Bertz CT molecular complexity index is 1070. The molecule has 2 aliphatic rings. The van der Waals surface area contributed by atoms with Crippen molar-refractivity contribution < 1.29 is 8.42 Å². The summed E-state index contributed by atoms with van der Waals surface area (Å²) in [6, 6.07) is 9.90. The van der Waals surface area contributed by atoms with Gasteiger partial charge in [0, 0.05) is 49.2 Å². The maximum Gasteiger partial charge on any atom is 0.183 e. The van der Waals surface area contributed by atoms with Crippen LogP contribution >= 0.6 is 11.3 Å². The highest BCUT2D eigenvalue weighted by Gasteiger charge is 2.50. The molecule has 5 nitrogen and oxygen atoms in total. The summed E-state index contributed by atoms with van der Waals surface area (Å²) in [6.45, 7) is 2.24. The van der Waals surface area contributed by atoms with Gasteiger partial charge in [-0.3, -0.25) is 9.58 Å². The van der Waals surface area contributed by atoms with Crippen LogP contribution in [-0.4, -0.2) is 41.4 Å². The number of likely N-dealkylation sites (tertiary alicyclic amines) is 1. The second-order valence-corrected chi connectivity index (χ2v) is 10.3. The topological polar surface area (TPSA) is 55.2 Å². The molecule has 0 bridgehead atoms. The van der Waals surface area contributed by atoms with E-state index in [1.807, 2.05) is 31.6 Å². The summed E-state index contributed by atoms with van der Waals surface area (Å²) < 4.78 is 27.8. The van der Waals surface area contributed by atoms with Gasteiger partial charge in [0.2, 0.25) is 0 Å². The van der Waals surface area contributed by atoms with E-state index in [0.29, 0.717) is 11.4 Å². The third kappa shape index (κ3) is 2.46. The molecule has 7 heteroatoms. The molecular formula is C19H19N3O2S2. The van der Waals surface area contributed by atoms with Crippen LogP contribution in [0, 0.1) is 0 Å². The van der Waals surface area contributed by atoms with E-state index in [-0.39, 0.29) is 11.2 Å². The van der Waals surface area contributed by atoms with Crippen LogP contribution in [-0.2, 0) is 23.4 Å². The number of benzene rings is 1. The lowest BCUT2D eigenvalue weighted by molar-refractivity contribution is 0.328. The second kappa shape index (κ2) is 5.77. The largest absolute Gasteiger partial charge is 0.296 e. The predicted molar refractivity (Wildman–Crippen MR) is 102 cm³/mol. The van der Waals surface area contributed by atoms with E-state index in [0.717, 1.165) is 29.8 Å². The Morgan fingerprint density at radius 3 is 2.85 bits per heavy atom. The summed E-state index contributed by atoms with van der Waals surface area (Å²) in [4.78, 5) is 4.08. The van der Waals surface area contributed by atoms with Gasteiger partial charge in [0.1, 0.15) is 0 Å². The first-order chi connectivity index (χ1) is 12.5. The van der Waals surface area contributed by atoms with Gasteiger partial charge in [0.25, 0.3) is 0 Å². The van der Waals surface area contributed by atoms with Gasteiger partial charge in [-0.25, -0.2) is 8.42 Å². The van der Waals surface area contributed by atoms with Crippen molar-refractivity contribution in [2.24, 2.45) is 7.05 Å². The maximum absolute atomic E-state index is 13.0. The summed E-state index contributed by atoms with van der Waals surface area (Å²) in [5, 5.41) is 5.98. The van der Waals surface area contributed by atoms with Gasteiger partial charge in [-0.2, -0.15) is 5.10 Å². The van der Waals surface area contributed by atoms with E-state index in [9.17, 15) is 8.42 Å². The lowest BCUT2D eigenvalue weighted by Crippen LogP contribution is -2.25. The number of aryl methyl sites for hydroxylation is 1. The Labute approximate surface area is 156 Å². The average Bonchev–Trinajstić information content (AvgIpc) is 3.37. The molecule has 0 N–H and O–H groups in total. The van der Waals surface area contributed by atoms with E-state index >= 15 is 0 Å². The summed E-state index contributed by atoms with van der Waals surface area (Å²) in [5.74, 6) is 0.0617. The molecule has 1 saturated heterocycles. The van der Waals surface area contributed by atoms with E-state index < -0.39 is 9.84 Å². The minimum atomic E-state index is -3.25. The Hall–Kier alpha value is -1.96. The zero-order valence-electron chi connectivity index (χ0n) is 14.4. The number of nitrogens with zero attached hydrogens (tertiary/aromatic N) is 3. The second-order valence-electron chi connectivity index (χ2n) is 7.12. The molecule has 0 amide bonds. The highest BCUT2D eigenvalue weighted by molar-refractivity contribution is 7.92. The molecule has 3 aromatic rings. The van der Waals surface area contributed by atoms with Crippen molar-refractivity contribution in [3.8, 4) is 11.1 Å². The van der Waals surface area contributed by atoms with Crippen LogP contribution in [0.15, 0.2) is 53.0 Å². The van der Waals surface area contributed by atoms with Gasteiger partial charge in [0.05, 0.1) is 16.3 Å². The minimum Gasteiger partial charge on any atom is -0.296 e. The third-order valence-electron chi connectivity index (χ3n) is 5.45. The van der Waals surface area contributed by atoms with Crippen molar-refractivity contribution >= 4 is 21.2 Å². The number of hydrogen-bond acceptors (Lipinski definition) is 5. The van der Waals surface area contributed by atoms with Gasteiger partial charge in [-0.15, -0.1) is 11.3 Å². The average molecular weight is 386 g/mol. The Morgan fingerprint density at radius 2 is 2.12 bits per heavy atom. The van der Waals surface area contributed by atoms with Gasteiger partial charge in [-0.05, 0) is 34.7 Å². The van der Waals surface area contributed by atoms with Gasteiger partial charge in [-0.1, -0.05) is 12.1 Å². The van der Waals surface area contributed by atoms with Crippen LogP contribution in [0.4, 0.5) is 0 Å². The number of hydrogen-bond donors (Lipinski definition) is 0. The van der Waals surface area contributed by atoms with Gasteiger partial charge >= 0.3 is 0 Å². The van der Waals surface area contributed by atoms with Crippen LogP contribution in [0.3, 0.4) is 0 Å². The summed E-state index contributed by atoms with van der Waals surface area (Å²) >= 11 is 1.73. The number of thiophene rings is 1. The summed E-state index contributed by atoms with van der Waals surface area (Å²) in [7, 11) is -1.36. The van der Waals surface area contributed by atoms with Crippen LogP contribution in [0.5, 0.6) is 0 Å². The van der Waals surface area contributed by atoms with Crippen molar-refractivity contribution in [3.63, 3.8) is 0 Å². The molecule has 0 unspecified atom stereocenters. The van der Waals surface area contributed by atoms with E-state index in [4.69, 9.17) is 0 Å². The molecule has 4 heterocycles. The van der Waals surface area contributed by atoms with E-state index in [1.54, 1.807) is 22.1 Å². The van der Waals surface area contributed by atoms with Crippen LogP contribution in [0.25, 0.3) is 11.1 Å². The smallest absolute Gasteiger partial charge is 0.183 e. The summed E-state index contributed by atoms with van der Waals surface area (Å²) in [6.07, 6.45) is 3.78. The molecule has 0 aliphatic carbocycles. The molecule has 5 rings (SSSR count). The lowest BCUT2D eigenvalue weighted by Gasteiger charge is -2.16. The van der Waals surface area contributed by atoms with Crippen molar-refractivity contribution in [2.45, 2.75) is 22.6 Å². The monoisotopic (exact) mass is 385 g/mol. The van der Waals surface area contributed by atoms with Crippen LogP contribution in [0.2, 0.25) is 0 Å². The molecule has 26 heavy (non-hydrogen) atoms. The fourth-order valence-electron chi connectivity index (χ4n) is 4.23. The first-order valence-electron chi connectivity index (χ1n) is 8.64. The zero-order valence-corrected chi connectivity index (χ0v) is 16.0. The molecular weight excluding hydrogens is 366 g/mol. The van der Waals surface area contributed by atoms with Gasteiger partial charge < -0.3 is 0 Å². The number of rotatable bonds is 3. The molecule has 1 fully saturated rings. The number of aromatic nitrogens is 2. The van der Waals surface area contributed by atoms with Crippen LogP contribution in [0.1, 0.15) is 16.4 Å². The quantitative estimate of drug-likeness (QED) is 0.696. The fourth-order valence-corrected chi connectivity index (χ4v) is 7.17. The predicted octanol–water partition coefficient (Wildman–Crippen LogP) is 2.90. The summed E-state index contributed by atoms with van der Waals surface area (Å²) in [5.41, 5.74) is 3.03. The van der Waals surface area contributed by atoms with E-state index in [1.165, 1.54) is 4.88 Å². The van der Waals surface area contributed by atoms with Crippen LogP contribution < -0.4 is 0 Å². The minimum absolute atomic E-state index is 0.0617. The third-order valence-corrected chi connectivity index (χ3v) is 8.57. The Balaban J connectivity index is 1.50. The molecule has 0 spiro atoms. The van der Waals surface area contributed by atoms with Gasteiger partial charge in [0.15, 0.2) is 9.84 Å². The molecule has 0 radical (unpaired) electrons. The van der Waals surface area contributed by atoms with Crippen molar-refractivity contribution in [1.82, 2.24) is 14.7 Å². The van der Waals surface area contributed by atoms with Crippen molar-refractivity contribution in [1.29, 1.82) is 0 Å². The highest BCUT2D eigenvalue weighted by atomic mass is 32.2. The standard InChI is InChI=1S/C19H19N3O2S2/c1-21-9-14(8-20-21)13-4-5-18-16(7-13)17-11-22(10-15-3-2-6-25-15)12-19(17)26(18,23)24/h2-9,17,19H,10-12H2,1H3/t17-,19+/m0/s1. The lowest BCUT2D eigenvalue weighted by atomic mass is 9.95. The Morgan fingerprint density at radius 1 is 1.23 bits per heavy atom. The SMILES string of the molecule is Cn1cc(-c2ccc3c(c2)[C@@H]2CN(Cc4cccs4)C[C@H]2S3(=O)=O)cn1. The number of fused-ring (bicyclic) bond motifs is 3. The van der Waals surface area contributed by atoms with Crippen molar-refractivity contribution in [2.75, 3.05) is 13.1 Å². The zero-order chi connectivity index (χ0) is 17.9. The maximum atomic E-state index is 13.0. The number of sulfone groups is 1.